The fourth-order valence-electron chi connectivity index (χ4n) is 0. The van der Waals surface area contributed by atoms with Crippen molar-refractivity contribution in [1.29, 1.82) is 0 Å². The SMILES string of the molecule is [F-].[F][Np]([F])([F])([F])([F])[F].[Na+]. The maximum atomic E-state index is 9.94. The summed E-state index contributed by atoms with van der Waals surface area (Å²) in [6.45, 7) is 0. The molecule has 0 spiro atoms. The van der Waals surface area contributed by atoms with Gasteiger partial charge in [-0.3, -0.25) is 0 Å². The molecule has 55 valence electrons. The van der Waals surface area contributed by atoms with Crippen LogP contribution in [0.15, 0.2) is 0 Å². The molecular weight excluding hydrogens is 393 g/mol. The first kappa shape index (κ1) is 16.9. The normalized spacial score (nSPS) is 18.0. The first-order valence-electron chi connectivity index (χ1n) is 1.01. The minimum Gasteiger partial charge on any atom is 1.00 e. The molecule has 0 radical (unpaired) electrons. The van der Waals surface area contributed by atoms with Gasteiger partial charge in [0.25, 0.3) is 0 Å². The van der Waals surface area contributed by atoms with Gasteiger partial charge in [-0.05, 0) is 0 Å². The van der Waals surface area contributed by atoms with E-state index in [-0.39, 0.29) is 34.3 Å². The van der Waals surface area contributed by atoms with Gasteiger partial charge >= 0.3 is 67.0 Å². The third-order valence-electron chi connectivity index (χ3n) is 0. The van der Waals surface area contributed by atoms with Crippen LogP contribution in [0.5, 0.6) is 0 Å². The number of rotatable bonds is 0. The van der Waals surface area contributed by atoms with E-state index in [0.29, 0.717) is 0 Å². The van der Waals surface area contributed by atoms with Gasteiger partial charge in [0.15, 0.2) is 0 Å². The van der Waals surface area contributed by atoms with Crippen LogP contribution in [-0.2, 0) is 0 Å². The average Bonchev–Trinajstić information content (AvgIpc) is 0.592. The van der Waals surface area contributed by atoms with Crippen molar-refractivity contribution in [2.24, 2.45) is 0 Å². The first-order chi connectivity index (χ1) is 2.45. The third kappa shape index (κ3) is 232. The monoisotopic (exact) mass is 392 g/mol. The Morgan fingerprint density at radius 2 is 0.667 bits per heavy atom. The van der Waals surface area contributed by atoms with E-state index in [2.05, 4.69) is 0 Å². The second-order valence-corrected chi connectivity index (χ2v) is 8.94. The molecule has 0 aromatic rings. The molecule has 0 nitrogen and oxygen atoms in total. The zero-order valence-corrected chi connectivity index (χ0v) is 9.82. The second kappa shape index (κ2) is 2.53. The fraction of sp³-hybridized carbons (Fsp3) is 0. The van der Waals surface area contributed by atoms with E-state index in [1.54, 1.807) is 0 Å². The van der Waals surface area contributed by atoms with Crippen LogP contribution in [-0.4, -0.2) is 0 Å². The summed E-state index contributed by atoms with van der Waals surface area (Å²) in [5.41, 5.74) is 0. The molecule has 0 aromatic heterocycles. The molecule has 0 fully saturated rings. The molecule has 9 heavy (non-hydrogen) atoms. The van der Waals surface area contributed by atoms with E-state index in [4.69, 9.17) is 0 Å². The summed E-state index contributed by atoms with van der Waals surface area (Å²) in [4.78, 5) is 0. The Hall–Kier alpha value is 1.52. The Morgan fingerprint density at radius 1 is 0.667 bits per heavy atom. The van der Waals surface area contributed by atoms with Crippen LogP contribution in [0, 0.1) is 24.1 Å². The van der Waals surface area contributed by atoms with Gasteiger partial charge in [-0.25, -0.2) is 0 Å². The number of halogens is 7. The summed E-state index contributed by atoms with van der Waals surface area (Å²) < 4.78 is 59.6. The summed E-state index contributed by atoms with van der Waals surface area (Å²) in [5, 5.41) is 0. The van der Waals surface area contributed by atoms with Gasteiger partial charge in [0.05, 0.1) is 0 Å². The topological polar surface area (TPSA) is 0 Å². The van der Waals surface area contributed by atoms with Crippen molar-refractivity contribution < 1.29 is 71.7 Å². The summed E-state index contributed by atoms with van der Waals surface area (Å²) >= 11 is -11.4. The van der Waals surface area contributed by atoms with Crippen LogP contribution in [0.1, 0.15) is 0 Å². The number of hydrogen-bond acceptors (Lipinski definition) is 0. The molecule has 0 saturated carbocycles. The molecule has 0 rings (SSSR count). The van der Waals surface area contributed by atoms with Gasteiger partial charge in [0.1, 0.15) is 0 Å². The van der Waals surface area contributed by atoms with Crippen molar-refractivity contribution in [2.45, 2.75) is 0 Å². The van der Waals surface area contributed by atoms with E-state index >= 15 is 0 Å². The number of hydrogen-bond donors (Lipinski definition) is 0. The second-order valence-electron chi connectivity index (χ2n) is 0.958. The molecule has 0 aliphatic carbocycles. The van der Waals surface area contributed by atoms with Gasteiger partial charge in [-0.15, -0.1) is 0 Å². The summed E-state index contributed by atoms with van der Waals surface area (Å²) in [5.74, 6) is 0. The Balaban J connectivity index is -0.000000180. The van der Waals surface area contributed by atoms with E-state index in [1.165, 1.54) is 0 Å². The smallest absolute Gasteiger partial charge is 1.00 e. The molecule has 0 heterocycles. The van der Waals surface area contributed by atoms with E-state index in [0.717, 1.165) is 0 Å². The Labute approximate surface area is 70.9 Å². The largest absolute Gasteiger partial charge is 1.00 e. The van der Waals surface area contributed by atoms with Gasteiger partial charge in [0, 0.05) is 0 Å². The Kier molecular flexibility index (Phi) is 4.75. The van der Waals surface area contributed by atoms with Gasteiger partial charge in [-0.1, -0.05) is 0 Å². The fourth-order valence-corrected chi connectivity index (χ4v) is 0. The maximum Gasteiger partial charge on any atom is 1.00 e. The van der Waals surface area contributed by atoms with Crippen molar-refractivity contribution in [3.8, 4) is 0 Å². The van der Waals surface area contributed by atoms with Crippen molar-refractivity contribution in [1.82, 2.24) is 0 Å². The van der Waals surface area contributed by atoms with Crippen LogP contribution in [0.2, 0.25) is 0 Å². The van der Waals surface area contributed by atoms with Crippen molar-refractivity contribution in [3.63, 3.8) is 0 Å². The predicted molar refractivity (Wildman–Crippen MR) is 6.65 cm³/mol. The summed E-state index contributed by atoms with van der Waals surface area (Å²) in [7, 11) is 0. The molecule has 0 aliphatic heterocycles. The molecule has 0 bridgehead atoms. The van der Waals surface area contributed by atoms with Gasteiger partial charge in [-0.2, -0.15) is 0 Å². The van der Waals surface area contributed by atoms with Crippen LogP contribution in [0.4, 0.5) is 13.4 Å². The zero-order valence-electron chi connectivity index (χ0n) is 4.09. The molecule has 0 aromatic carbocycles. The Bertz CT molecular complexity index is 67.5. The van der Waals surface area contributed by atoms with Crippen LogP contribution in [0.3, 0.4) is 0 Å². The molecule has 0 N–H and O–H groups in total. The first-order valence-corrected chi connectivity index (χ1v) is 9.46. The molecule has 0 aliphatic rings. The molecule has 0 saturated heterocycles. The minimum atomic E-state index is -11.4. The van der Waals surface area contributed by atoms with Crippen molar-refractivity contribution in [2.75, 3.05) is 0 Å². The maximum absolute atomic E-state index is 11.4. The van der Waals surface area contributed by atoms with Crippen LogP contribution >= 0.6 is 0 Å². The van der Waals surface area contributed by atoms with Gasteiger partial charge < -0.3 is 4.70 Å². The van der Waals surface area contributed by atoms with Crippen LogP contribution < -0.4 is 34.3 Å². The molecule has 0 atom stereocenters. The van der Waals surface area contributed by atoms with Crippen LogP contribution in [0.25, 0.3) is 0 Å². The Morgan fingerprint density at radius 3 is 0.667 bits per heavy atom. The zero-order chi connectivity index (χ0) is 6.41. The predicted octanol–water partition coefficient (Wildman–Crippen LogP) is -3.47. The summed E-state index contributed by atoms with van der Waals surface area (Å²) in [6.07, 6.45) is 0. The molecule has 9 heteroatoms. The molecule has 0 unspecified atom stereocenters. The quantitative estimate of drug-likeness (QED) is 0.297. The van der Waals surface area contributed by atoms with Gasteiger partial charge in [0.2, 0.25) is 0 Å². The van der Waals surface area contributed by atoms with Crippen molar-refractivity contribution in [3.05, 3.63) is 0 Å². The third-order valence-corrected chi connectivity index (χ3v) is 0. The average molecular weight is 393 g/mol. The van der Waals surface area contributed by atoms with E-state index < -0.39 is 24.1 Å². The minimum absolute atomic E-state index is 0. The van der Waals surface area contributed by atoms with E-state index in [1.807, 2.05) is 0 Å². The standard InChI is InChI=1S/7FH.Na.Np/h7*1H;;/q;;;;;;;+1;+6/p-7. The summed E-state index contributed by atoms with van der Waals surface area (Å²) in [6, 6.07) is 0. The van der Waals surface area contributed by atoms with E-state index in [9.17, 15) is 13.4 Å². The van der Waals surface area contributed by atoms with Crippen molar-refractivity contribution >= 4 is 0 Å². The molecular formula is F7NaNp. The molecule has 0 amide bonds.